The summed E-state index contributed by atoms with van der Waals surface area (Å²) in [6.45, 7) is 17.9. The summed E-state index contributed by atoms with van der Waals surface area (Å²) in [4.78, 5) is 50.3. The number of amides is 4. The highest BCUT2D eigenvalue weighted by Gasteiger charge is 2.24. The summed E-state index contributed by atoms with van der Waals surface area (Å²) in [5.41, 5.74) is 18.0. The van der Waals surface area contributed by atoms with Crippen molar-refractivity contribution in [1.82, 2.24) is 55.2 Å². The van der Waals surface area contributed by atoms with Gasteiger partial charge < -0.3 is 47.5 Å². The molecule has 4 aromatic heterocycles. The molecule has 4 heterocycles. The normalized spacial score (nSPS) is 10.6. The lowest BCUT2D eigenvalue weighted by atomic mass is 10.1. The fourth-order valence-electron chi connectivity index (χ4n) is 11.4. The van der Waals surface area contributed by atoms with Crippen LogP contribution in [0.2, 0.25) is 25.4 Å². The van der Waals surface area contributed by atoms with Gasteiger partial charge in [-0.1, -0.05) is 229 Å². The average Bonchev–Trinajstić information content (AvgIpc) is 1.68. The number of hydrogen-bond donors (Lipinski definition) is 8. The van der Waals surface area contributed by atoms with Gasteiger partial charge in [0.25, 0.3) is 23.6 Å². The molecule has 0 saturated carbocycles. The third kappa shape index (κ3) is 23.8. The monoisotopic (exact) mass is 1590 g/mol. The Morgan fingerprint density at radius 1 is 0.414 bits per heavy atom. The van der Waals surface area contributed by atoms with Gasteiger partial charge in [0.1, 0.15) is 16.1 Å². The molecule has 0 aliphatic rings. The van der Waals surface area contributed by atoms with Crippen LogP contribution >= 0.6 is 58.0 Å². The van der Waals surface area contributed by atoms with Gasteiger partial charge in [-0.2, -0.15) is 15.3 Å². The zero-order valence-electron chi connectivity index (χ0n) is 61.9. The first-order valence-electron chi connectivity index (χ1n) is 34.9. The highest BCUT2D eigenvalue weighted by Crippen LogP contribution is 2.29. The largest absolute Gasteiger partial charge is 0.348 e. The molecule has 0 aliphatic carbocycles. The Morgan fingerprint density at radius 2 is 0.793 bits per heavy atom. The van der Waals surface area contributed by atoms with Crippen molar-refractivity contribution in [1.29, 1.82) is 21.6 Å². The zero-order valence-corrected chi connectivity index (χ0v) is 65.7. The van der Waals surface area contributed by atoms with Crippen LogP contribution in [0.4, 0.5) is 4.39 Å². The molecule has 0 saturated heterocycles. The Kier molecular flexibility index (Phi) is 31.0. The fourth-order valence-corrected chi connectivity index (χ4v) is 12.8. The van der Waals surface area contributed by atoms with Crippen molar-refractivity contribution >= 4 is 104 Å². The molecule has 111 heavy (non-hydrogen) atoms. The number of carbonyl (C=O) groups excluding carboxylic acids is 4. The Labute approximate surface area is 671 Å². The van der Waals surface area contributed by atoms with E-state index in [1.54, 1.807) is 88.9 Å². The first-order chi connectivity index (χ1) is 52.6. The van der Waals surface area contributed by atoms with Crippen LogP contribution in [0.1, 0.15) is 166 Å². The summed E-state index contributed by atoms with van der Waals surface area (Å²) in [5.74, 6) is -1.16. The highest BCUT2D eigenvalue weighted by atomic mass is 35.5. The quantitative estimate of drug-likeness (QED) is 0.0271. The number of carbonyl (C=O) groups is 4. The Morgan fingerprint density at radius 3 is 1.23 bits per heavy atom. The van der Waals surface area contributed by atoms with E-state index < -0.39 is 0 Å². The van der Waals surface area contributed by atoms with E-state index in [0.29, 0.717) is 111 Å². The van der Waals surface area contributed by atoms with Gasteiger partial charge in [-0.3, -0.25) is 23.9 Å². The van der Waals surface area contributed by atoms with E-state index in [1.165, 1.54) is 27.1 Å². The van der Waals surface area contributed by atoms with E-state index in [-0.39, 0.29) is 53.7 Å². The van der Waals surface area contributed by atoms with Crippen LogP contribution in [0.15, 0.2) is 213 Å². The number of nitrogens with zero attached hydrogens (tertiary/aromatic N) is 7. The molecule has 0 bridgehead atoms. The highest BCUT2D eigenvalue weighted by molar-refractivity contribution is 6.36. The van der Waals surface area contributed by atoms with Gasteiger partial charge in [-0.25, -0.2) is 13.8 Å². The predicted molar refractivity (Wildman–Crippen MR) is 444 cm³/mol. The van der Waals surface area contributed by atoms with Crippen molar-refractivity contribution in [2.75, 3.05) is 0 Å². The molecular weight excluding hydrogens is 1500 g/mol. The summed E-state index contributed by atoms with van der Waals surface area (Å²) >= 11 is 31.4. The molecule has 0 spiro atoms. The Balaban J connectivity index is 0.000000185. The minimum Gasteiger partial charge on any atom is -0.348 e. The van der Waals surface area contributed by atoms with Gasteiger partial charge in [0.15, 0.2) is 0 Å². The van der Waals surface area contributed by atoms with Crippen molar-refractivity contribution in [2.24, 2.45) is 0 Å². The number of nitrogens with one attached hydrogen (secondary N) is 8. The van der Waals surface area contributed by atoms with Crippen molar-refractivity contribution in [3.8, 4) is 0 Å². The van der Waals surface area contributed by atoms with Crippen molar-refractivity contribution in [2.45, 2.75) is 115 Å². The second-order valence-corrected chi connectivity index (χ2v) is 28.0. The van der Waals surface area contributed by atoms with E-state index in [9.17, 15) is 23.6 Å². The minimum absolute atomic E-state index is 0. The van der Waals surface area contributed by atoms with Crippen molar-refractivity contribution in [3.63, 3.8) is 0 Å². The van der Waals surface area contributed by atoms with Crippen LogP contribution in [-0.2, 0) is 52.4 Å². The van der Waals surface area contributed by atoms with Crippen molar-refractivity contribution < 1.29 is 23.6 Å². The molecule has 572 valence electrons. The summed E-state index contributed by atoms with van der Waals surface area (Å²) < 4.78 is 20.0. The second kappa shape index (κ2) is 40.3. The molecule has 12 rings (SSSR count). The number of halogens is 6. The molecule has 0 radical (unpaired) electrons. The van der Waals surface area contributed by atoms with E-state index in [0.717, 1.165) is 79.1 Å². The Hall–Kier alpha value is -11.4. The molecule has 12 aromatic rings. The Bertz CT molecular complexity index is 5270. The summed E-state index contributed by atoms with van der Waals surface area (Å²) in [5, 5.41) is 57.2. The molecule has 4 amide bonds. The lowest BCUT2D eigenvalue weighted by molar-refractivity contribution is 0.0942. The fraction of sp³-hybridized carbons (Fsp3) is 0.198. The summed E-state index contributed by atoms with van der Waals surface area (Å²) in [7, 11) is 0. The third-order valence-corrected chi connectivity index (χ3v) is 19.6. The molecular formula is C86H87Cl5FN15O4. The topological polar surface area (TPSA) is 270 Å². The van der Waals surface area contributed by atoms with Crippen LogP contribution < -0.4 is 21.3 Å². The van der Waals surface area contributed by atoms with E-state index >= 15 is 0 Å². The van der Waals surface area contributed by atoms with Crippen LogP contribution in [0, 0.1) is 55.1 Å². The molecule has 0 aliphatic heterocycles. The minimum atomic E-state index is -0.310. The van der Waals surface area contributed by atoms with Crippen LogP contribution in [0.3, 0.4) is 0 Å². The summed E-state index contributed by atoms with van der Waals surface area (Å²) in [6, 6.07) is 61.3. The first kappa shape index (κ1) is 85.2. The van der Waals surface area contributed by atoms with Gasteiger partial charge >= 0.3 is 0 Å². The molecule has 25 heteroatoms. The molecule has 0 atom stereocenters. The van der Waals surface area contributed by atoms with E-state index in [1.807, 2.05) is 159 Å². The maximum atomic E-state index is 13.1. The second-order valence-electron chi connectivity index (χ2n) is 26.0. The van der Waals surface area contributed by atoms with Crippen LogP contribution in [-0.4, -0.2) is 80.4 Å². The zero-order chi connectivity index (χ0) is 79.3. The van der Waals surface area contributed by atoms with Gasteiger partial charge in [0.2, 0.25) is 0 Å². The molecule has 0 fully saturated rings. The molecule has 19 nitrogen and oxygen atoms in total. The molecule has 8 aromatic carbocycles. The van der Waals surface area contributed by atoms with Crippen LogP contribution in [0.25, 0.3) is 0 Å². The van der Waals surface area contributed by atoms with Gasteiger partial charge in [0.05, 0.1) is 59.5 Å². The summed E-state index contributed by atoms with van der Waals surface area (Å²) in [6.07, 6.45) is 3.26. The lowest BCUT2D eigenvalue weighted by Gasteiger charge is -2.10. The lowest BCUT2D eigenvalue weighted by Crippen LogP contribution is -2.23. The van der Waals surface area contributed by atoms with Crippen LogP contribution in [0.5, 0.6) is 0 Å². The van der Waals surface area contributed by atoms with Gasteiger partial charge in [-0.05, 0) is 153 Å². The molecule has 0 unspecified atom stereocenters. The maximum absolute atomic E-state index is 13.1. The number of aryl methyl sites for hydroxylation is 3. The number of rotatable bonds is 24. The number of aromatic nitrogens is 7. The SMILES string of the molecule is C.CC(=N)c1ccc(CNC(=O)c2c(C)nn(Cc3c(Cl)cccc3Cl)c2Cl)cc1.CC(=N)c1ccc(CNC(=O)c2c(C)nn(Cc3ccc(F)cc3)c2Cl)cc1.CC(=N)c1ccc(CNC(=O)c2cc(C)n(Cc3ccccc3)c2C)cc1.CC(=N)c1ccc(CNC(=O)c2cnn(Cc3ccccc3Cl)c2)cc1. The third-order valence-electron chi connectivity index (χ3n) is 17.7. The average molecular weight is 1590 g/mol. The maximum Gasteiger partial charge on any atom is 0.256 e. The van der Waals surface area contributed by atoms with E-state index in [4.69, 9.17) is 79.6 Å². The van der Waals surface area contributed by atoms with Crippen molar-refractivity contribution in [3.05, 3.63) is 356 Å². The van der Waals surface area contributed by atoms with E-state index in [2.05, 4.69) is 53.3 Å². The predicted octanol–water partition coefficient (Wildman–Crippen LogP) is 18.9. The number of hydrogen-bond acceptors (Lipinski definition) is 11. The standard InChI is InChI=1S/C23H25N3O.C21H19Cl3N4O.C21H20ClFN4O.C20H19ClN4O.CH4/c1-16-13-22(18(3)26(16)15-20-7-5-4-6-8-20)23(27)25-14-19-9-11-21(12-10-19)17(2)24;1-12(25)15-8-6-14(7-9-15)10-26-21(29)19-13(2)27-28(20(19)24)11-16-17(22)4-3-5-18(16)23;1-13(24)17-7-3-15(4-8-17)11-25-21(28)19-14(2)26-27(20(19)22)12-16-5-9-18(23)10-6-16;1-14(22)16-8-6-15(7-9-16)10-23-20(26)18-11-24-25(13-18)12-17-4-2-3-5-19(17)21;/h4-13,24H,14-15H2,1-3H3,(H,25,27);3-9,25H,10-11H2,1-2H3,(H,26,29);3-10,24H,11-12H2,1-2H3,(H,25,28);2-9,11,13,22H,10,12H2,1H3,(H,23,26);1H4. The van der Waals surface area contributed by atoms with Gasteiger partial charge in [0, 0.05) is 93.8 Å². The smallest absolute Gasteiger partial charge is 0.256 e. The van der Waals surface area contributed by atoms with Gasteiger partial charge in [-0.15, -0.1) is 0 Å². The number of benzene rings is 8. The first-order valence-corrected chi connectivity index (χ1v) is 36.8. The molecule has 8 N–H and O–H groups in total.